The van der Waals surface area contributed by atoms with Gasteiger partial charge in [-0.15, -0.1) is 0 Å². The van der Waals surface area contributed by atoms with Crippen LogP contribution in [0.15, 0.2) is 0 Å². The van der Waals surface area contributed by atoms with Crippen molar-refractivity contribution in [2.24, 2.45) is 5.92 Å². The third-order valence-electron chi connectivity index (χ3n) is 3.75. The van der Waals surface area contributed by atoms with Crippen LogP contribution in [0.2, 0.25) is 0 Å². The van der Waals surface area contributed by atoms with Crippen molar-refractivity contribution in [1.29, 1.82) is 0 Å². The molecule has 18 heavy (non-hydrogen) atoms. The Balaban J connectivity index is 1.77. The molecule has 2 rings (SSSR count). The lowest BCUT2D eigenvalue weighted by molar-refractivity contribution is -0.139. The molecule has 0 aromatic carbocycles. The third-order valence-corrected chi connectivity index (χ3v) is 3.75. The van der Waals surface area contributed by atoms with Crippen LogP contribution in [0.4, 0.5) is 4.79 Å². The number of nitrogens with one attached hydrogen (secondary N) is 1. The van der Waals surface area contributed by atoms with Crippen LogP contribution in [-0.4, -0.2) is 54.0 Å². The number of hydrogen-bond acceptors (Lipinski definition) is 2. The van der Waals surface area contributed by atoms with Crippen LogP contribution in [0.25, 0.3) is 0 Å². The SMILES string of the molecule is CC(C)NC(=O)N1CCN(C(=O)C2CCC2)CC1. The second-order valence-corrected chi connectivity index (χ2v) is 5.54. The Morgan fingerprint density at radius 3 is 2.06 bits per heavy atom. The van der Waals surface area contributed by atoms with Crippen molar-refractivity contribution < 1.29 is 9.59 Å². The molecule has 1 saturated carbocycles. The van der Waals surface area contributed by atoms with Gasteiger partial charge in [-0.05, 0) is 26.7 Å². The molecule has 0 spiro atoms. The van der Waals surface area contributed by atoms with E-state index in [0.717, 1.165) is 12.8 Å². The monoisotopic (exact) mass is 253 g/mol. The quantitative estimate of drug-likeness (QED) is 0.799. The molecule has 0 bridgehead atoms. The van der Waals surface area contributed by atoms with E-state index in [1.807, 2.05) is 18.7 Å². The van der Waals surface area contributed by atoms with E-state index in [1.54, 1.807) is 4.90 Å². The zero-order valence-corrected chi connectivity index (χ0v) is 11.3. The van der Waals surface area contributed by atoms with Gasteiger partial charge in [-0.2, -0.15) is 0 Å². The average Bonchev–Trinajstić information content (AvgIpc) is 2.26. The molecule has 5 heteroatoms. The van der Waals surface area contributed by atoms with E-state index in [-0.39, 0.29) is 18.0 Å². The number of amides is 3. The van der Waals surface area contributed by atoms with E-state index in [1.165, 1.54) is 6.42 Å². The summed E-state index contributed by atoms with van der Waals surface area (Å²) in [5.74, 6) is 0.561. The van der Waals surface area contributed by atoms with Crippen molar-refractivity contribution in [3.63, 3.8) is 0 Å². The first kappa shape index (κ1) is 13.2. The Hall–Kier alpha value is -1.26. The molecule has 0 aromatic rings. The highest BCUT2D eigenvalue weighted by Crippen LogP contribution is 2.28. The van der Waals surface area contributed by atoms with E-state index in [0.29, 0.717) is 32.1 Å². The molecule has 102 valence electrons. The molecular formula is C13H23N3O2. The molecule has 1 aliphatic heterocycles. The Morgan fingerprint density at radius 1 is 1.06 bits per heavy atom. The molecular weight excluding hydrogens is 230 g/mol. The highest BCUT2D eigenvalue weighted by Gasteiger charge is 2.31. The van der Waals surface area contributed by atoms with Crippen molar-refractivity contribution in [3.8, 4) is 0 Å². The fraction of sp³-hybridized carbons (Fsp3) is 0.846. The summed E-state index contributed by atoms with van der Waals surface area (Å²) in [6, 6.07) is 0.146. The van der Waals surface area contributed by atoms with Crippen molar-refractivity contribution in [2.45, 2.75) is 39.2 Å². The van der Waals surface area contributed by atoms with Gasteiger partial charge in [-0.1, -0.05) is 6.42 Å². The van der Waals surface area contributed by atoms with Crippen molar-refractivity contribution in [2.75, 3.05) is 26.2 Å². The van der Waals surface area contributed by atoms with Crippen LogP contribution in [0.1, 0.15) is 33.1 Å². The standard InChI is InChI=1S/C13H23N3O2/c1-10(2)14-13(18)16-8-6-15(7-9-16)12(17)11-4-3-5-11/h10-11H,3-9H2,1-2H3,(H,14,18). The minimum absolute atomic E-state index is 0.0132. The van der Waals surface area contributed by atoms with E-state index >= 15 is 0 Å². The van der Waals surface area contributed by atoms with E-state index in [9.17, 15) is 9.59 Å². The summed E-state index contributed by atoms with van der Waals surface area (Å²) in [6.45, 7) is 6.57. The lowest BCUT2D eigenvalue weighted by Gasteiger charge is -2.38. The molecule has 1 heterocycles. The first-order valence-corrected chi connectivity index (χ1v) is 6.92. The third kappa shape index (κ3) is 2.94. The molecule has 2 aliphatic rings. The van der Waals surface area contributed by atoms with Gasteiger partial charge in [0.15, 0.2) is 0 Å². The summed E-state index contributed by atoms with van der Waals surface area (Å²) in [5, 5.41) is 2.89. The molecule has 2 fully saturated rings. The summed E-state index contributed by atoms with van der Waals surface area (Å²) in [7, 11) is 0. The fourth-order valence-electron chi connectivity index (χ4n) is 2.38. The largest absolute Gasteiger partial charge is 0.339 e. The maximum absolute atomic E-state index is 12.0. The molecule has 3 amide bonds. The van der Waals surface area contributed by atoms with E-state index < -0.39 is 0 Å². The minimum Gasteiger partial charge on any atom is -0.339 e. The number of nitrogens with zero attached hydrogens (tertiary/aromatic N) is 2. The molecule has 0 atom stereocenters. The van der Waals surface area contributed by atoms with Crippen LogP contribution in [-0.2, 0) is 4.79 Å². The molecule has 0 aromatic heterocycles. The maximum atomic E-state index is 12.0. The second-order valence-electron chi connectivity index (χ2n) is 5.54. The Morgan fingerprint density at radius 2 is 1.61 bits per heavy atom. The first-order valence-electron chi connectivity index (χ1n) is 6.92. The molecule has 1 N–H and O–H groups in total. The number of hydrogen-bond donors (Lipinski definition) is 1. The van der Waals surface area contributed by atoms with Gasteiger partial charge in [0, 0.05) is 38.1 Å². The van der Waals surface area contributed by atoms with Crippen LogP contribution >= 0.6 is 0 Å². The topological polar surface area (TPSA) is 52.7 Å². The lowest BCUT2D eigenvalue weighted by Crippen LogP contribution is -2.55. The Bertz CT molecular complexity index is 318. The average molecular weight is 253 g/mol. The lowest BCUT2D eigenvalue weighted by atomic mass is 9.84. The summed E-state index contributed by atoms with van der Waals surface area (Å²) in [6.07, 6.45) is 3.28. The predicted molar refractivity (Wildman–Crippen MR) is 69.2 cm³/mol. The zero-order valence-electron chi connectivity index (χ0n) is 11.3. The summed E-state index contributed by atoms with van der Waals surface area (Å²) < 4.78 is 0. The minimum atomic E-state index is -0.0132. The number of urea groups is 1. The van der Waals surface area contributed by atoms with Gasteiger partial charge in [0.1, 0.15) is 0 Å². The maximum Gasteiger partial charge on any atom is 0.317 e. The van der Waals surface area contributed by atoms with Gasteiger partial charge < -0.3 is 15.1 Å². The zero-order chi connectivity index (χ0) is 13.1. The second kappa shape index (κ2) is 5.59. The first-order chi connectivity index (χ1) is 8.58. The summed E-state index contributed by atoms with van der Waals surface area (Å²) in [4.78, 5) is 27.6. The number of rotatable bonds is 2. The number of carbonyl (C=O) groups excluding carboxylic acids is 2. The van der Waals surface area contributed by atoms with Gasteiger partial charge >= 0.3 is 6.03 Å². The van der Waals surface area contributed by atoms with Crippen LogP contribution < -0.4 is 5.32 Å². The van der Waals surface area contributed by atoms with Crippen LogP contribution in [0, 0.1) is 5.92 Å². The van der Waals surface area contributed by atoms with Crippen molar-refractivity contribution in [3.05, 3.63) is 0 Å². The molecule has 5 nitrogen and oxygen atoms in total. The van der Waals surface area contributed by atoms with E-state index in [4.69, 9.17) is 0 Å². The number of piperazine rings is 1. The Kier molecular flexibility index (Phi) is 4.09. The Labute approximate surface area is 108 Å². The molecule has 0 radical (unpaired) electrons. The van der Waals surface area contributed by atoms with Crippen molar-refractivity contribution >= 4 is 11.9 Å². The predicted octanol–water partition coefficient (Wildman–Crippen LogP) is 1.05. The van der Waals surface area contributed by atoms with Gasteiger partial charge in [0.25, 0.3) is 0 Å². The van der Waals surface area contributed by atoms with Crippen molar-refractivity contribution in [1.82, 2.24) is 15.1 Å². The van der Waals surface area contributed by atoms with Crippen LogP contribution in [0.5, 0.6) is 0 Å². The van der Waals surface area contributed by atoms with Gasteiger partial charge in [-0.25, -0.2) is 4.79 Å². The molecule has 1 aliphatic carbocycles. The van der Waals surface area contributed by atoms with Gasteiger partial charge in [0.05, 0.1) is 0 Å². The van der Waals surface area contributed by atoms with Crippen LogP contribution in [0.3, 0.4) is 0 Å². The highest BCUT2D eigenvalue weighted by molar-refractivity contribution is 5.80. The number of carbonyl (C=O) groups is 2. The fourth-order valence-corrected chi connectivity index (χ4v) is 2.38. The highest BCUT2D eigenvalue weighted by atomic mass is 16.2. The van der Waals surface area contributed by atoms with Gasteiger partial charge in [0.2, 0.25) is 5.91 Å². The summed E-state index contributed by atoms with van der Waals surface area (Å²) >= 11 is 0. The summed E-state index contributed by atoms with van der Waals surface area (Å²) in [5.41, 5.74) is 0. The van der Waals surface area contributed by atoms with E-state index in [2.05, 4.69) is 5.32 Å². The molecule has 1 saturated heterocycles. The molecule has 0 unspecified atom stereocenters. The normalized spacial score (nSPS) is 20.8. The van der Waals surface area contributed by atoms with Gasteiger partial charge in [-0.3, -0.25) is 4.79 Å². The smallest absolute Gasteiger partial charge is 0.317 e.